The average Bonchev–Trinajstić information content (AvgIpc) is 3.13. The zero-order chi connectivity index (χ0) is 22.2. The number of halogens is 3. The van der Waals surface area contributed by atoms with E-state index in [1.165, 1.54) is 12.1 Å². The number of nitriles is 1. The van der Waals surface area contributed by atoms with E-state index in [0.717, 1.165) is 17.3 Å². The number of hydrogen-bond acceptors (Lipinski definition) is 5. The number of ether oxygens (including phenoxy) is 2. The largest absolute Gasteiger partial charge is 0.493 e. The zero-order valence-electron chi connectivity index (χ0n) is 16.4. The van der Waals surface area contributed by atoms with Crippen LogP contribution in [0.4, 0.5) is 13.2 Å². The maximum absolute atomic E-state index is 13.4. The highest BCUT2D eigenvalue weighted by Gasteiger charge is 2.35. The molecule has 10 heteroatoms. The first-order valence-electron chi connectivity index (χ1n) is 9.34. The topological polar surface area (TPSA) is 92.9 Å². The normalized spacial score (nSPS) is 15.9. The summed E-state index contributed by atoms with van der Waals surface area (Å²) in [6, 6.07) is 8.54. The number of nitrogens with one attached hydrogen (secondary N) is 1. The van der Waals surface area contributed by atoms with E-state index in [0.29, 0.717) is 25.6 Å². The van der Waals surface area contributed by atoms with Gasteiger partial charge in [-0.2, -0.15) is 23.5 Å². The second-order valence-corrected chi connectivity index (χ2v) is 7.13. The molecule has 4 rings (SSSR count). The molecule has 0 spiro atoms. The minimum Gasteiger partial charge on any atom is -0.493 e. The summed E-state index contributed by atoms with van der Waals surface area (Å²) in [6.07, 6.45) is -2.99. The van der Waals surface area contributed by atoms with Gasteiger partial charge in [-0.3, -0.25) is 9.48 Å². The Hall–Kier alpha value is -3.58. The molecule has 0 fully saturated rings. The van der Waals surface area contributed by atoms with Crippen molar-refractivity contribution in [1.29, 1.82) is 5.26 Å². The van der Waals surface area contributed by atoms with Crippen LogP contribution in [0, 0.1) is 11.3 Å². The molecule has 7 nitrogen and oxygen atoms in total. The molecule has 1 N–H and O–H groups in total. The summed E-state index contributed by atoms with van der Waals surface area (Å²) in [7, 11) is 1.84. The van der Waals surface area contributed by atoms with E-state index in [-0.39, 0.29) is 17.0 Å². The summed E-state index contributed by atoms with van der Waals surface area (Å²) >= 11 is 0. The van der Waals surface area contributed by atoms with Crippen LogP contribution < -0.4 is 10.3 Å². The van der Waals surface area contributed by atoms with E-state index < -0.39 is 23.0 Å². The molecule has 1 aliphatic rings. The van der Waals surface area contributed by atoms with Crippen molar-refractivity contribution in [2.45, 2.75) is 18.7 Å². The molecule has 3 heterocycles. The fourth-order valence-electron chi connectivity index (χ4n) is 3.52. The Bertz CT molecular complexity index is 1210. The van der Waals surface area contributed by atoms with Crippen LogP contribution in [0.25, 0.3) is 11.1 Å². The molecule has 0 bridgehead atoms. The van der Waals surface area contributed by atoms with Crippen molar-refractivity contribution < 1.29 is 22.6 Å². The van der Waals surface area contributed by atoms with Crippen LogP contribution in [0.2, 0.25) is 0 Å². The highest BCUT2D eigenvalue weighted by atomic mass is 19.4. The molecule has 1 unspecified atom stereocenters. The molecule has 0 aliphatic carbocycles. The first-order valence-corrected chi connectivity index (χ1v) is 9.34. The van der Waals surface area contributed by atoms with Crippen LogP contribution in [-0.2, 0) is 24.6 Å². The molecule has 0 amide bonds. The summed E-state index contributed by atoms with van der Waals surface area (Å²) in [6.45, 7) is 1.30. The Labute approximate surface area is 174 Å². The quantitative estimate of drug-likeness (QED) is 0.685. The van der Waals surface area contributed by atoms with Crippen LogP contribution in [0.1, 0.15) is 28.4 Å². The van der Waals surface area contributed by atoms with Gasteiger partial charge in [0.2, 0.25) is 0 Å². The van der Waals surface area contributed by atoms with E-state index >= 15 is 0 Å². The summed E-state index contributed by atoms with van der Waals surface area (Å²) in [5, 5.41) is 13.2. The predicted octanol–water partition coefficient (Wildman–Crippen LogP) is 3.36. The van der Waals surface area contributed by atoms with Gasteiger partial charge in [-0.05, 0) is 23.8 Å². The average molecular weight is 430 g/mol. The van der Waals surface area contributed by atoms with E-state index in [2.05, 4.69) is 5.10 Å². The van der Waals surface area contributed by atoms with Crippen molar-refractivity contribution in [2.24, 2.45) is 7.05 Å². The van der Waals surface area contributed by atoms with Gasteiger partial charge < -0.3 is 14.5 Å². The molecule has 1 atom stereocenters. The van der Waals surface area contributed by atoms with Crippen molar-refractivity contribution in [3.05, 3.63) is 69.4 Å². The van der Waals surface area contributed by atoms with Crippen LogP contribution in [0.3, 0.4) is 0 Å². The predicted molar refractivity (Wildman–Crippen MR) is 103 cm³/mol. The molecular formula is C21H17F3N4O3. The minimum absolute atomic E-state index is 0.00801. The third-order valence-electron chi connectivity index (χ3n) is 5.15. The Kier molecular flexibility index (Phi) is 5.29. The Balaban J connectivity index is 1.56. The van der Waals surface area contributed by atoms with Gasteiger partial charge >= 0.3 is 6.18 Å². The van der Waals surface area contributed by atoms with Crippen molar-refractivity contribution in [2.75, 3.05) is 13.2 Å². The lowest BCUT2D eigenvalue weighted by Crippen LogP contribution is -2.22. The number of H-pyrrole nitrogens is 1. The summed E-state index contributed by atoms with van der Waals surface area (Å²) in [4.78, 5) is 13.4. The lowest BCUT2D eigenvalue weighted by molar-refractivity contribution is -0.140. The van der Waals surface area contributed by atoms with Crippen molar-refractivity contribution in [3.8, 4) is 22.9 Å². The third-order valence-corrected chi connectivity index (χ3v) is 5.15. The number of aromatic nitrogens is 3. The second kappa shape index (κ2) is 7.92. The second-order valence-electron chi connectivity index (χ2n) is 7.13. The molecule has 2 aromatic heterocycles. The lowest BCUT2D eigenvalue weighted by atomic mass is 9.99. The molecule has 0 radical (unpaired) electrons. The van der Waals surface area contributed by atoms with E-state index in [1.807, 2.05) is 7.05 Å². The van der Waals surface area contributed by atoms with Gasteiger partial charge in [-0.15, -0.1) is 0 Å². The number of rotatable bonds is 4. The SMILES string of the molecule is Cn1ncc2c1COCC2COc1ccc(-c2cc(C#N)c(=O)[nH]c2C(F)(F)F)cc1. The monoisotopic (exact) mass is 430 g/mol. The molecular weight excluding hydrogens is 413 g/mol. The number of hydrogen-bond donors (Lipinski definition) is 1. The van der Waals surface area contributed by atoms with Gasteiger partial charge in [0.25, 0.3) is 5.56 Å². The van der Waals surface area contributed by atoms with Crippen LogP contribution in [-0.4, -0.2) is 28.0 Å². The number of benzene rings is 1. The number of aryl methyl sites for hydroxylation is 1. The van der Waals surface area contributed by atoms with Gasteiger partial charge in [-0.1, -0.05) is 12.1 Å². The number of nitrogens with zero attached hydrogens (tertiary/aromatic N) is 3. The molecule has 1 aliphatic heterocycles. The van der Waals surface area contributed by atoms with E-state index in [4.69, 9.17) is 14.7 Å². The maximum atomic E-state index is 13.4. The number of fused-ring (bicyclic) bond motifs is 1. The van der Waals surface area contributed by atoms with Crippen LogP contribution >= 0.6 is 0 Å². The van der Waals surface area contributed by atoms with E-state index in [9.17, 15) is 18.0 Å². The van der Waals surface area contributed by atoms with Gasteiger partial charge in [0, 0.05) is 24.1 Å². The van der Waals surface area contributed by atoms with Gasteiger partial charge in [0.05, 0.1) is 31.7 Å². The minimum atomic E-state index is -4.78. The highest BCUT2D eigenvalue weighted by Crippen LogP contribution is 2.36. The fourth-order valence-corrected chi connectivity index (χ4v) is 3.52. The van der Waals surface area contributed by atoms with E-state index in [1.54, 1.807) is 34.1 Å². The molecule has 1 aromatic carbocycles. The van der Waals surface area contributed by atoms with Crippen LogP contribution in [0.15, 0.2) is 41.3 Å². The Morgan fingerprint density at radius 2 is 2.10 bits per heavy atom. The number of alkyl halides is 3. The molecule has 160 valence electrons. The van der Waals surface area contributed by atoms with Gasteiger partial charge in [-0.25, -0.2) is 0 Å². The van der Waals surface area contributed by atoms with Crippen LogP contribution in [0.5, 0.6) is 5.75 Å². The lowest BCUT2D eigenvalue weighted by Gasteiger charge is -2.23. The summed E-state index contributed by atoms with van der Waals surface area (Å²) in [5.74, 6) is 0.463. The number of pyridine rings is 1. The number of aromatic amines is 1. The zero-order valence-corrected chi connectivity index (χ0v) is 16.4. The maximum Gasteiger partial charge on any atom is 0.431 e. The van der Waals surface area contributed by atoms with Crippen molar-refractivity contribution >= 4 is 0 Å². The first-order chi connectivity index (χ1) is 14.8. The molecule has 0 saturated heterocycles. The Morgan fingerprint density at radius 1 is 1.35 bits per heavy atom. The van der Waals surface area contributed by atoms with Gasteiger partial charge in [0.1, 0.15) is 23.1 Å². The highest BCUT2D eigenvalue weighted by molar-refractivity contribution is 5.68. The van der Waals surface area contributed by atoms with Crippen molar-refractivity contribution in [1.82, 2.24) is 14.8 Å². The smallest absolute Gasteiger partial charge is 0.431 e. The Morgan fingerprint density at radius 3 is 2.77 bits per heavy atom. The fraction of sp³-hybridized carbons (Fsp3) is 0.286. The third kappa shape index (κ3) is 4.04. The van der Waals surface area contributed by atoms with Crippen molar-refractivity contribution in [3.63, 3.8) is 0 Å². The standard InChI is InChI=1S/C21H17F3N4O3/c1-28-18-11-30-9-14(17(18)8-26-28)10-31-15-4-2-12(3-5-15)16-6-13(7-25)20(29)27-19(16)21(22,23)24/h2-6,8,14H,9-11H2,1H3,(H,27,29). The first kappa shape index (κ1) is 20.7. The summed E-state index contributed by atoms with van der Waals surface area (Å²) < 4.78 is 53.3. The molecule has 31 heavy (non-hydrogen) atoms. The summed E-state index contributed by atoms with van der Waals surface area (Å²) in [5.41, 5.74) is -0.720. The van der Waals surface area contributed by atoms with Gasteiger partial charge in [0.15, 0.2) is 0 Å². The molecule has 0 saturated carbocycles. The molecule has 3 aromatic rings.